The van der Waals surface area contributed by atoms with Crippen LogP contribution in [0.25, 0.3) is 0 Å². The summed E-state index contributed by atoms with van der Waals surface area (Å²) in [5.41, 5.74) is 4.06. The SMILES string of the molecule is CC(C)(NC(=O)Nc1ccc(F)cc1F)C(=N)N. The molecule has 1 rings (SSSR count). The molecule has 18 heavy (non-hydrogen) atoms. The van der Waals surface area contributed by atoms with Gasteiger partial charge in [0.2, 0.25) is 0 Å². The zero-order chi connectivity index (χ0) is 13.9. The number of halogens is 2. The third-order valence-electron chi connectivity index (χ3n) is 2.28. The third kappa shape index (κ3) is 3.41. The molecule has 0 spiro atoms. The summed E-state index contributed by atoms with van der Waals surface area (Å²) in [7, 11) is 0. The van der Waals surface area contributed by atoms with Crippen LogP contribution < -0.4 is 16.4 Å². The summed E-state index contributed by atoms with van der Waals surface area (Å²) in [6.45, 7) is 3.05. The van der Waals surface area contributed by atoms with Gasteiger partial charge in [0.25, 0.3) is 0 Å². The fourth-order valence-electron chi connectivity index (χ4n) is 1.10. The molecule has 98 valence electrons. The molecular formula is C11H14F2N4O. The molecule has 1 aromatic rings. The number of amidine groups is 1. The molecule has 1 aromatic carbocycles. The molecular weight excluding hydrogens is 242 g/mol. The lowest BCUT2D eigenvalue weighted by atomic mass is 10.1. The number of carbonyl (C=O) groups is 1. The van der Waals surface area contributed by atoms with Gasteiger partial charge in [0, 0.05) is 6.07 Å². The number of carbonyl (C=O) groups excluding carboxylic acids is 1. The monoisotopic (exact) mass is 256 g/mol. The van der Waals surface area contributed by atoms with Gasteiger partial charge in [-0.2, -0.15) is 0 Å². The van der Waals surface area contributed by atoms with Gasteiger partial charge in [-0.3, -0.25) is 5.41 Å². The Morgan fingerprint density at radius 3 is 2.50 bits per heavy atom. The Kier molecular flexibility index (Phi) is 3.85. The second-order valence-electron chi connectivity index (χ2n) is 4.24. The van der Waals surface area contributed by atoms with Gasteiger partial charge in [0.05, 0.1) is 11.2 Å². The van der Waals surface area contributed by atoms with Gasteiger partial charge in [-0.15, -0.1) is 0 Å². The molecule has 0 heterocycles. The zero-order valence-electron chi connectivity index (χ0n) is 9.97. The van der Waals surface area contributed by atoms with E-state index in [1.165, 1.54) is 13.8 Å². The summed E-state index contributed by atoms with van der Waals surface area (Å²) >= 11 is 0. The molecule has 0 atom stereocenters. The van der Waals surface area contributed by atoms with Crippen LogP contribution in [0, 0.1) is 17.0 Å². The molecule has 0 bridgehead atoms. The number of hydrogen-bond acceptors (Lipinski definition) is 2. The summed E-state index contributed by atoms with van der Waals surface area (Å²) in [6, 6.07) is 2.05. The number of anilines is 1. The van der Waals surface area contributed by atoms with Crippen LogP contribution in [0.4, 0.5) is 19.3 Å². The molecule has 0 radical (unpaired) electrons. The Morgan fingerprint density at radius 1 is 1.39 bits per heavy atom. The molecule has 0 aliphatic heterocycles. The van der Waals surface area contributed by atoms with Crippen LogP contribution in [0.15, 0.2) is 18.2 Å². The van der Waals surface area contributed by atoms with Gasteiger partial charge in [0.1, 0.15) is 17.5 Å². The molecule has 0 aliphatic rings. The molecule has 2 amide bonds. The first-order chi connectivity index (χ1) is 8.22. The minimum Gasteiger partial charge on any atom is -0.386 e. The third-order valence-corrected chi connectivity index (χ3v) is 2.28. The van der Waals surface area contributed by atoms with Crippen molar-refractivity contribution in [3.8, 4) is 0 Å². The number of hydrogen-bond donors (Lipinski definition) is 4. The minimum atomic E-state index is -1.05. The normalized spacial score (nSPS) is 10.9. The first-order valence-electron chi connectivity index (χ1n) is 5.11. The molecule has 0 aromatic heterocycles. The van der Waals surface area contributed by atoms with Crippen molar-refractivity contribution in [1.29, 1.82) is 5.41 Å². The Hall–Kier alpha value is -2.18. The van der Waals surface area contributed by atoms with E-state index in [-0.39, 0.29) is 11.5 Å². The lowest BCUT2D eigenvalue weighted by Crippen LogP contribution is -2.53. The second kappa shape index (κ2) is 4.99. The summed E-state index contributed by atoms with van der Waals surface area (Å²) in [4.78, 5) is 11.5. The average molecular weight is 256 g/mol. The van der Waals surface area contributed by atoms with Crippen molar-refractivity contribution in [1.82, 2.24) is 5.32 Å². The fraction of sp³-hybridized carbons (Fsp3) is 0.273. The maximum absolute atomic E-state index is 13.3. The Bertz CT molecular complexity index is 488. The van der Waals surface area contributed by atoms with E-state index in [0.717, 1.165) is 12.1 Å². The highest BCUT2D eigenvalue weighted by molar-refractivity contribution is 5.95. The van der Waals surface area contributed by atoms with Crippen molar-refractivity contribution >= 4 is 17.6 Å². The maximum atomic E-state index is 13.3. The summed E-state index contributed by atoms with van der Waals surface area (Å²) in [6.07, 6.45) is 0. The standard InChI is InChI=1S/C11H14F2N4O/c1-11(2,9(14)15)17-10(18)16-8-4-3-6(12)5-7(8)13/h3-5H,1-2H3,(H3,14,15)(H2,16,17,18). The Balaban J connectivity index is 2.74. The number of nitrogens with one attached hydrogen (secondary N) is 3. The van der Waals surface area contributed by atoms with E-state index < -0.39 is 23.2 Å². The van der Waals surface area contributed by atoms with E-state index in [1.54, 1.807) is 0 Å². The maximum Gasteiger partial charge on any atom is 0.320 e. The van der Waals surface area contributed by atoms with Gasteiger partial charge < -0.3 is 16.4 Å². The quantitative estimate of drug-likeness (QED) is 0.490. The van der Waals surface area contributed by atoms with Gasteiger partial charge in [-0.05, 0) is 26.0 Å². The summed E-state index contributed by atoms with van der Waals surface area (Å²) in [5.74, 6) is -1.86. The topological polar surface area (TPSA) is 91.0 Å². The van der Waals surface area contributed by atoms with Crippen LogP contribution in [0.3, 0.4) is 0 Å². The molecule has 7 heteroatoms. The van der Waals surface area contributed by atoms with Crippen molar-refractivity contribution in [2.45, 2.75) is 19.4 Å². The highest BCUT2D eigenvalue weighted by atomic mass is 19.1. The molecule has 0 saturated heterocycles. The van der Waals surface area contributed by atoms with Crippen LogP contribution in [0.2, 0.25) is 0 Å². The lowest BCUT2D eigenvalue weighted by molar-refractivity contribution is 0.247. The fourth-order valence-corrected chi connectivity index (χ4v) is 1.10. The number of rotatable bonds is 3. The van der Waals surface area contributed by atoms with Crippen molar-refractivity contribution in [2.24, 2.45) is 5.73 Å². The van der Waals surface area contributed by atoms with Gasteiger partial charge >= 0.3 is 6.03 Å². The van der Waals surface area contributed by atoms with E-state index in [2.05, 4.69) is 10.6 Å². The van der Waals surface area contributed by atoms with Crippen molar-refractivity contribution < 1.29 is 13.6 Å². The number of urea groups is 1. The highest BCUT2D eigenvalue weighted by Crippen LogP contribution is 2.15. The summed E-state index contributed by atoms with van der Waals surface area (Å²) < 4.78 is 25.9. The second-order valence-corrected chi connectivity index (χ2v) is 4.24. The average Bonchev–Trinajstić information content (AvgIpc) is 2.21. The van der Waals surface area contributed by atoms with Crippen molar-refractivity contribution in [3.05, 3.63) is 29.8 Å². The molecule has 5 N–H and O–H groups in total. The van der Waals surface area contributed by atoms with E-state index in [0.29, 0.717) is 6.07 Å². The molecule has 0 aliphatic carbocycles. The summed E-state index contributed by atoms with van der Waals surface area (Å²) in [5, 5.41) is 11.8. The van der Waals surface area contributed by atoms with Crippen LogP contribution in [0.5, 0.6) is 0 Å². The van der Waals surface area contributed by atoms with Crippen molar-refractivity contribution in [2.75, 3.05) is 5.32 Å². The zero-order valence-corrected chi connectivity index (χ0v) is 9.97. The first-order valence-corrected chi connectivity index (χ1v) is 5.11. The van der Waals surface area contributed by atoms with Crippen LogP contribution in [-0.2, 0) is 0 Å². The van der Waals surface area contributed by atoms with E-state index in [9.17, 15) is 13.6 Å². The van der Waals surface area contributed by atoms with Crippen molar-refractivity contribution in [3.63, 3.8) is 0 Å². The molecule has 5 nitrogen and oxygen atoms in total. The van der Waals surface area contributed by atoms with Gasteiger partial charge in [0.15, 0.2) is 0 Å². The number of nitrogens with two attached hydrogens (primary N) is 1. The smallest absolute Gasteiger partial charge is 0.320 e. The van der Waals surface area contributed by atoms with E-state index >= 15 is 0 Å². The molecule has 0 unspecified atom stereocenters. The van der Waals surface area contributed by atoms with Crippen LogP contribution in [0.1, 0.15) is 13.8 Å². The predicted octanol–water partition coefficient (Wildman–Crippen LogP) is 1.80. The predicted molar refractivity (Wildman–Crippen MR) is 64.5 cm³/mol. The Labute approximate surface area is 103 Å². The molecule has 0 saturated carbocycles. The number of amides is 2. The molecule has 0 fully saturated rings. The largest absolute Gasteiger partial charge is 0.386 e. The Morgan fingerprint density at radius 2 is 2.00 bits per heavy atom. The lowest BCUT2D eigenvalue weighted by Gasteiger charge is -2.24. The van der Waals surface area contributed by atoms with Crippen LogP contribution >= 0.6 is 0 Å². The van der Waals surface area contributed by atoms with Crippen LogP contribution in [-0.4, -0.2) is 17.4 Å². The van der Waals surface area contributed by atoms with Gasteiger partial charge in [-0.25, -0.2) is 13.6 Å². The van der Waals surface area contributed by atoms with E-state index in [1.807, 2.05) is 0 Å². The first kappa shape index (κ1) is 13.9. The van der Waals surface area contributed by atoms with E-state index in [4.69, 9.17) is 11.1 Å². The number of benzene rings is 1. The van der Waals surface area contributed by atoms with Gasteiger partial charge in [-0.1, -0.05) is 0 Å². The highest BCUT2D eigenvalue weighted by Gasteiger charge is 2.24. The minimum absolute atomic E-state index is 0.159.